The largest absolute Gasteiger partial charge is 0.360 e. The number of rotatable bonds is 6. The van der Waals surface area contributed by atoms with Gasteiger partial charge in [0.15, 0.2) is 5.76 Å². The summed E-state index contributed by atoms with van der Waals surface area (Å²) in [6, 6.07) is 1.95. The molecule has 0 aliphatic carbocycles. The minimum Gasteiger partial charge on any atom is -0.360 e. The number of carbonyl (C=O) groups is 2. The number of hydrogen-bond acceptors (Lipinski definition) is 5. The molecule has 1 aromatic heterocycles. The van der Waals surface area contributed by atoms with E-state index < -0.39 is 0 Å². The maximum atomic E-state index is 12.3. The topological polar surface area (TPSA) is 81.9 Å². The molecule has 1 aromatic rings. The molecule has 0 bridgehead atoms. The highest BCUT2D eigenvalue weighted by Gasteiger charge is 2.22. The van der Waals surface area contributed by atoms with Gasteiger partial charge in [0.2, 0.25) is 5.91 Å². The fraction of sp³-hybridized carbons (Fsp3) is 0.737. The average Bonchev–Trinajstić information content (AvgIpc) is 2.96. The Labute approximate surface area is 160 Å². The minimum atomic E-state index is -0.00708. The Hall–Kier alpha value is -2.09. The van der Waals surface area contributed by atoms with Crippen molar-refractivity contribution in [1.82, 2.24) is 25.2 Å². The molecule has 2 aliphatic heterocycles. The molecule has 0 radical (unpaired) electrons. The van der Waals surface area contributed by atoms with E-state index in [4.69, 9.17) is 4.52 Å². The van der Waals surface area contributed by atoms with Crippen LogP contribution in [0.4, 0.5) is 4.79 Å². The first kappa shape index (κ1) is 19.7. The second-order valence-corrected chi connectivity index (χ2v) is 7.47. The molecule has 2 fully saturated rings. The Balaban J connectivity index is 1.30. The molecular weight excluding hydrogens is 346 g/mol. The molecule has 3 heterocycles. The van der Waals surface area contributed by atoms with Gasteiger partial charge in [0.1, 0.15) is 0 Å². The summed E-state index contributed by atoms with van der Waals surface area (Å²) < 4.78 is 5.26. The molecule has 0 spiro atoms. The molecule has 2 saturated heterocycles. The molecule has 150 valence electrons. The van der Waals surface area contributed by atoms with E-state index >= 15 is 0 Å². The number of nitrogens with one attached hydrogen (secondary N) is 1. The number of hydrogen-bond donors (Lipinski definition) is 1. The Morgan fingerprint density at radius 3 is 2.74 bits per heavy atom. The van der Waals surface area contributed by atoms with Gasteiger partial charge in [0.25, 0.3) is 0 Å². The monoisotopic (exact) mass is 377 g/mol. The van der Waals surface area contributed by atoms with E-state index in [9.17, 15) is 9.59 Å². The minimum absolute atomic E-state index is 0.00708. The van der Waals surface area contributed by atoms with Gasteiger partial charge in [-0.05, 0) is 26.2 Å². The lowest BCUT2D eigenvalue weighted by molar-refractivity contribution is -0.130. The SMILES string of the molecule is Cc1cc(CN2CCN(C(=O)NCCCN3CCCCCC3=O)CC2)on1. The Morgan fingerprint density at radius 2 is 2.00 bits per heavy atom. The number of aromatic nitrogens is 1. The zero-order chi connectivity index (χ0) is 19.1. The third kappa shape index (κ3) is 5.95. The van der Waals surface area contributed by atoms with Crippen LogP contribution in [0.1, 0.15) is 43.6 Å². The van der Waals surface area contributed by atoms with Crippen LogP contribution in [0.2, 0.25) is 0 Å². The van der Waals surface area contributed by atoms with Crippen molar-refractivity contribution in [1.29, 1.82) is 0 Å². The van der Waals surface area contributed by atoms with E-state index in [1.165, 1.54) is 0 Å². The lowest BCUT2D eigenvalue weighted by Gasteiger charge is -2.34. The van der Waals surface area contributed by atoms with E-state index in [2.05, 4.69) is 15.4 Å². The van der Waals surface area contributed by atoms with Crippen molar-refractivity contribution in [3.63, 3.8) is 0 Å². The Bertz CT molecular complexity index is 625. The van der Waals surface area contributed by atoms with Crippen LogP contribution in [0, 0.1) is 6.92 Å². The smallest absolute Gasteiger partial charge is 0.317 e. The summed E-state index contributed by atoms with van der Waals surface area (Å²) in [5, 5.41) is 6.90. The summed E-state index contributed by atoms with van der Waals surface area (Å²) in [6.07, 6.45) is 4.72. The molecular formula is C19H31N5O3. The molecule has 3 rings (SSSR count). The van der Waals surface area contributed by atoms with Gasteiger partial charge >= 0.3 is 6.03 Å². The molecule has 0 saturated carbocycles. The van der Waals surface area contributed by atoms with Crippen LogP contribution >= 0.6 is 0 Å². The van der Waals surface area contributed by atoms with Gasteiger partial charge in [0.05, 0.1) is 12.2 Å². The normalized spacial score (nSPS) is 19.2. The first-order valence-electron chi connectivity index (χ1n) is 10.1. The summed E-state index contributed by atoms with van der Waals surface area (Å²) in [5.41, 5.74) is 0.893. The van der Waals surface area contributed by atoms with Gasteiger partial charge in [-0.2, -0.15) is 0 Å². The highest BCUT2D eigenvalue weighted by atomic mass is 16.5. The molecule has 0 aromatic carbocycles. The van der Waals surface area contributed by atoms with Crippen molar-refractivity contribution in [3.8, 4) is 0 Å². The molecule has 2 aliphatic rings. The van der Waals surface area contributed by atoms with Gasteiger partial charge in [-0.25, -0.2) is 4.79 Å². The number of carbonyl (C=O) groups excluding carboxylic acids is 2. The number of amides is 3. The van der Waals surface area contributed by atoms with Crippen LogP contribution in [0.25, 0.3) is 0 Å². The third-order valence-corrected chi connectivity index (χ3v) is 5.27. The van der Waals surface area contributed by atoms with Crippen molar-refractivity contribution in [3.05, 3.63) is 17.5 Å². The third-order valence-electron chi connectivity index (χ3n) is 5.27. The lowest BCUT2D eigenvalue weighted by atomic mass is 10.2. The van der Waals surface area contributed by atoms with Crippen LogP contribution in [0.15, 0.2) is 10.6 Å². The van der Waals surface area contributed by atoms with Gasteiger partial charge < -0.3 is 19.6 Å². The maximum absolute atomic E-state index is 12.3. The molecule has 27 heavy (non-hydrogen) atoms. The van der Waals surface area contributed by atoms with Gasteiger partial charge in [-0.1, -0.05) is 11.6 Å². The molecule has 1 N–H and O–H groups in total. The van der Waals surface area contributed by atoms with Crippen LogP contribution in [-0.2, 0) is 11.3 Å². The van der Waals surface area contributed by atoms with Crippen molar-refractivity contribution in [2.75, 3.05) is 45.8 Å². The van der Waals surface area contributed by atoms with E-state index in [-0.39, 0.29) is 11.9 Å². The summed E-state index contributed by atoms with van der Waals surface area (Å²) in [7, 11) is 0. The molecule has 0 atom stereocenters. The van der Waals surface area contributed by atoms with Gasteiger partial charge in [-0.3, -0.25) is 9.69 Å². The Kier molecular flexibility index (Phi) is 7.09. The van der Waals surface area contributed by atoms with Gasteiger partial charge in [0, 0.05) is 58.3 Å². The first-order valence-corrected chi connectivity index (χ1v) is 10.1. The number of urea groups is 1. The highest BCUT2D eigenvalue weighted by Crippen LogP contribution is 2.12. The maximum Gasteiger partial charge on any atom is 0.317 e. The number of nitrogens with zero attached hydrogens (tertiary/aromatic N) is 4. The zero-order valence-electron chi connectivity index (χ0n) is 16.3. The number of piperazine rings is 1. The van der Waals surface area contributed by atoms with Crippen molar-refractivity contribution in [2.45, 2.75) is 45.6 Å². The highest BCUT2D eigenvalue weighted by molar-refractivity contribution is 5.76. The van der Waals surface area contributed by atoms with Crippen molar-refractivity contribution >= 4 is 11.9 Å². The standard InChI is InChI=1S/C19H31N5O3/c1-16-14-17(27-21-16)15-22-10-12-24(13-11-22)19(26)20-7-5-9-23-8-4-2-3-6-18(23)25/h14H,2-13,15H2,1H3,(H,20,26). The second-order valence-electron chi connectivity index (χ2n) is 7.47. The Morgan fingerprint density at radius 1 is 1.19 bits per heavy atom. The first-order chi connectivity index (χ1) is 13.1. The predicted octanol–water partition coefficient (Wildman–Crippen LogP) is 1.60. The van der Waals surface area contributed by atoms with E-state index in [1.54, 1.807) is 0 Å². The molecule has 0 unspecified atom stereocenters. The van der Waals surface area contributed by atoms with E-state index in [1.807, 2.05) is 22.8 Å². The van der Waals surface area contributed by atoms with Gasteiger partial charge in [-0.15, -0.1) is 0 Å². The van der Waals surface area contributed by atoms with E-state index in [0.717, 1.165) is 69.9 Å². The predicted molar refractivity (Wildman–Crippen MR) is 101 cm³/mol. The lowest BCUT2D eigenvalue weighted by Crippen LogP contribution is -2.51. The molecule has 8 heteroatoms. The summed E-state index contributed by atoms with van der Waals surface area (Å²) in [6.45, 7) is 7.94. The fourth-order valence-corrected chi connectivity index (χ4v) is 3.67. The van der Waals surface area contributed by atoms with Crippen LogP contribution in [-0.4, -0.2) is 77.6 Å². The van der Waals surface area contributed by atoms with Crippen LogP contribution < -0.4 is 5.32 Å². The molecule has 3 amide bonds. The number of likely N-dealkylation sites (tertiary alicyclic amines) is 1. The summed E-state index contributed by atoms with van der Waals surface area (Å²) in [4.78, 5) is 30.4. The van der Waals surface area contributed by atoms with E-state index in [0.29, 0.717) is 26.1 Å². The number of aryl methyl sites for hydroxylation is 1. The van der Waals surface area contributed by atoms with Crippen molar-refractivity contribution in [2.24, 2.45) is 0 Å². The fourth-order valence-electron chi connectivity index (χ4n) is 3.67. The quantitative estimate of drug-likeness (QED) is 0.762. The molecule has 8 nitrogen and oxygen atoms in total. The average molecular weight is 377 g/mol. The summed E-state index contributed by atoms with van der Waals surface area (Å²) in [5.74, 6) is 1.13. The van der Waals surface area contributed by atoms with Crippen LogP contribution in [0.5, 0.6) is 0 Å². The van der Waals surface area contributed by atoms with Crippen LogP contribution in [0.3, 0.4) is 0 Å². The summed E-state index contributed by atoms with van der Waals surface area (Å²) >= 11 is 0. The zero-order valence-corrected chi connectivity index (χ0v) is 16.3. The second kappa shape index (κ2) is 9.73. The van der Waals surface area contributed by atoms with Crippen molar-refractivity contribution < 1.29 is 14.1 Å².